The lowest BCUT2D eigenvalue weighted by atomic mass is 10.6. The average Bonchev–Trinajstić information content (AvgIpc) is 2.64. The van der Waals surface area contributed by atoms with Crippen molar-refractivity contribution in [1.82, 2.24) is 0 Å². The monoisotopic (exact) mass is 259 g/mol. The van der Waals surface area contributed by atoms with Crippen molar-refractivity contribution in [1.29, 1.82) is 0 Å². The lowest BCUT2D eigenvalue weighted by Gasteiger charge is -1.78. The van der Waals surface area contributed by atoms with Gasteiger partial charge in [0.2, 0.25) is 0 Å². The van der Waals surface area contributed by atoms with Crippen LogP contribution in [0, 0.1) is 0 Å². The van der Waals surface area contributed by atoms with Crippen molar-refractivity contribution in [3.05, 3.63) is 0 Å². The summed E-state index contributed by atoms with van der Waals surface area (Å²) in [4.78, 5) is 0. The van der Waals surface area contributed by atoms with Gasteiger partial charge in [0.25, 0.3) is 0 Å². The van der Waals surface area contributed by atoms with E-state index in [9.17, 15) is 0 Å². The second kappa shape index (κ2) is 19.0. The van der Waals surface area contributed by atoms with Crippen molar-refractivity contribution in [2.45, 2.75) is 19.8 Å². The maximum absolute atomic E-state index is 4.85. The van der Waals surface area contributed by atoms with Gasteiger partial charge >= 0.3 is 0 Å². The minimum Gasteiger partial charge on any atom is -0.331 e. The van der Waals surface area contributed by atoms with Gasteiger partial charge in [-0.05, 0) is 30.9 Å². The molecule has 0 amide bonds. The van der Waals surface area contributed by atoms with Crippen LogP contribution in [0.15, 0.2) is 0 Å². The number of rotatable bonds is 2. The van der Waals surface area contributed by atoms with Crippen molar-refractivity contribution in [2.24, 2.45) is 5.73 Å². The zero-order valence-corrected chi connectivity index (χ0v) is 11.7. The third-order valence-corrected chi connectivity index (χ3v) is 4.06. The number of hydrogen-bond donors (Lipinski definition) is 3. The predicted molar refractivity (Wildman–Crippen MR) is 76.6 cm³/mol. The van der Waals surface area contributed by atoms with E-state index in [0.717, 1.165) is 24.5 Å². The van der Waals surface area contributed by atoms with Crippen LogP contribution in [0.1, 0.15) is 19.8 Å². The van der Waals surface area contributed by atoms with E-state index in [1.54, 1.807) is 0 Å². The zero-order chi connectivity index (χ0) is 10.4. The molecule has 0 atom stereocenters. The fraction of sp³-hybridized carbons (Fsp3) is 1.00. The molecule has 1 rings (SSSR count). The van der Waals surface area contributed by atoms with Gasteiger partial charge < -0.3 is 5.73 Å². The molecule has 1 aliphatic heterocycles. The molecule has 0 aromatic rings. The molecule has 0 unspecified atom stereocenters. The average molecular weight is 260 g/mol. The minimum atomic E-state index is 0.750. The molecule has 5 heteroatoms. The van der Waals surface area contributed by atoms with Crippen LogP contribution in [-0.4, -0.2) is 29.6 Å². The van der Waals surface area contributed by atoms with Crippen molar-refractivity contribution < 1.29 is 0 Å². The predicted octanol–water partition coefficient (Wildman–Crippen LogP) is 2.97. The number of hydrogen-bond acceptors (Lipinski definition) is 5. The third-order valence-electron chi connectivity index (χ3n) is 0.855. The second-order valence-electron chi connectivity index (χ2n) is 2.21. The van der Waals surface area contributed by atoms with Gasteiger partial charge in [-0.25, -0.2) is 0 Å². The van der Waals surface area contributed by atoms with E-state index >= 15 is 0 Å². The molecule has 0 aliphatic carbocycles. The minimum absolute atomic E-state index is 0.750. The van der Waals surface area contributed by atoms with Crippen LogP contribution in [0.4, 0.5) is 0 Å². The maximum Gasteiger partial charge on any atom is 0.00450 e. The van der Waals surface area contributed by atoms with Crippen LogP contribution < -0.4 is 5.73 Å². The first-order chi connectivity index (χ1) is 6.33. The third kappa shape index (κ3) is 24.7. The van der Waals surface area contributed by atoms with Gasteiger partial charge in [-0.2, -0.15) is 25.3 Å². The van der Waals surface area contributed by atoms with Crippen LogP contribution in [-0.2, 0) is 0 Å². The molecule has 0 bridgehead atoms. The molecule has 0 spiro atoms. The largest absolute Gasteiger partial charge is 0.331 e. The molecule has 0 aromatic heterocycles. The molecule has 2 N–H and O–H groups in total. The highest BCUT2D eigenvalue weighted by Crippen LogP contribution is 2.29. The van der Waals surface area contributed by atoms with E-state index < -0.39 is 0 Å². The molecule has 0 aromatic carbocycles. The summed E-state index contributed by atoms with van der Waals surface area (Å²) in [5.74, 6) is 4.68. The highest BCUT2D eigenvalue weighted by Gasteiger charge is 1.96. The summed E-state index contributed by atoms with van der Waals surface area (Å²) in [6.45, 7) is 2.65. The first-order valence-electron chi connectivity index (χ1n) is 4.49. The maximum atomic E-state index is 4.85. The van der Waals surface area contributed by atoms with E-state index in [2.05, 4.69) is 25.3 Å². The summed E-state index contributed by atoms with van der Waals surface area (Å²) < 4.78 is 0. The molecular formula is C8H21NS4. The Kier molecular flexibility index (Phi) is 24.5. The lowest BCUT2D eigenvalue weighted by molar-refractivity contribution is 1.14. The topological polar surface area (TPSA) is 26.0 Å². The fourth-order valence-electron chi connectivity index (χ4n) is 0.365. The Morgan fingerprint density at radius 3 is 1.62 bits per heavy atom. The van der Waals surface area contributed by atoms with E-state index in [1.165, 1.54) is 17.9 Å². The van der Waals surface area contributed by atoms with Gasteiger partial charge in [-0.15, -0.1) is 0 Å². The second-order valence-corrected chi connectivity index (χ2v) is 5.80. The Balaban J connectivity index is 0. The highest BCUT2D eigenvalue weighted by atomic mass is 33.1. The van der Waals surface area contributed by atoms with Gasteiger partial charge in [-0.3, -0.25) is 0 Å². The smallest absolute Gasteiger partial charge is 0.00450 e. The molecule has 1 aliphatic rings. The van der Waals surface area contributed by atoms with Crippen LogP contribution in [0.3, 0.4) is 0 Å². The van der Waals surface area contributed by atoms with Crippen molar-refractivity contribution in [3.63, 3.8) is 0 Å². The van der Waals surface area contributed by atoms with Crippen molar-refractivity contribution in [3.8, 4) is 0 Å². The molecule has 1 fully saturated rings. The molecule has 1 heterocycles. The van der Waals surface area contributed by atoms with Crippen LogP contribution in [0.5, 0.6) is 0 Å². The summed E-state index contributed by atoms with van der Waals surface area (Å²) in [5.41, 5.74) is 4.85. The first-order valence-corrected chi connectivity index (χ1v) is 8.24. The van der Waals surface area contributed by atoms with E-state index in [1.807, 2.05) is 28.5 Å². The van der Waals surface area contributed by atoms with Crippen LogP contribution >= 0.6 is 46.8 Å². The quantitative estimate of drug-likeness (QED) is 0.525. The van der Waals surface area contributed by atoms with E-state index in [4.69, 9.17) is 5.73 Å². The summed E-state index contributed by atoms with van der Waals surface area (Å²) in [6, 6.07) is 0. The Bertz CT molecular complexity index is 59.6. The molecule has 1 saturated heterocycles. The molecular weight excluding hydrogens is 238 g/mol. The van der Waals surface area contributed by atoms with Gasteiger partial charge in [0.05, 0.1) is 0 Å². The summed E-state index contributed by atoms with van der Waals surface area (Å²) in [5, 5.41) is 0. The normalized spacial score (nSPS) is 13.8. The van der Waals surface area contributed by atoms with Gasteiger partial charge in [-0.1, -0.05) is 28.5 Å². The van der Waals surface area contributed by atoms with Crippen LogP contribution in [0.2, 0.25) is 0 Å². The van der Waals surface area contributed by atoms with Crippen molar-refractivity contribution >= 4 is 46.8 Å². The van der Waals surface area contributed by atoms with Gasteiger partial charge in [0, 0.05) is 11.5 Å². The Morgan fingerprint density at radius 2 is 1.54 bits per heavy atom. The zero-order valence-electron chi connectivity index (χ0n) is 8.24. The summed E-state index contributed by atoms with van der Waals surface area (Å²) in [6.07, 6.45) is 2.54. The molecule has 13 heavy (non-hydrogen) atoms. The van der Waals surface area contributed by atoms with Gasteiger partial charge in [0.1, 0.15) is 0 Å². The van der Waals surface area contributed by atoms with E-state index in [0.29, 0.717) is 0 Å². The first kappa shape index (κ1) is 16.8. The summed E-state index contributed by atoms with van der Waals surface area (Å²) >= 11 is 7.90. The van der Waals surface area contributed by atoms with Crippen LogP contribution in [0.25, 0.3) is 0 Å². The molecule has 1 nitrogen and oxygen atoms in total. The standard InChI is InChI=1S/C3H6S2.C3H8S2.C2H7N/c1-2-4-5-3-1;4-2-1-3-5;1-2-3/h1-3H2;4-5H,1-3H2;2-3H2,1H3. The molecule has 0 saturated carbocycles. The fourth-order valence-corrected chi connectivity index (χ4v) is 3.29. The van der Waals surface area contributed by atoms with Gasteiger partial charge in [0.15, 0.2) is 0 Å². The number of nitrogens with two attached hydrogens (primary N) is 1. The van der Waals surface area contributed by atoms with E-state index in [-0.39, 0.29) is 0 Å². The Hall–Kier alpha value is 1.36. The Labute approximate surface area is 102 Å². The molecule has 0 radical (unpaired) electrons. The molecule has 82 valence electrons. The summed E-state index contributed by atoms with van der Waals surface area (Å²) in [7, 11) is 3.98. The highest BCUT2D eigenvalue weighted by molar-refractivity contribution is 8.77. The lowest BCUT2D eigenvalue weighted by Crippen LogP contribution is -1.87. The van der Waals surface area contributed by atoms with Crippen molar-refractivity contribution in [2.75, 3.05) is 29.6 Å². The Morgan fingerprint density at radius 1 is 1.15 bits per heavy atom. The number of thiol groups is 2. The SMILES string of the molecule is C1CSSC1.CCN.SCCCS.